The summed E-state index contributed by atoms with van der Waals surface area (Å²) in [6.45, 7) is 1.85. The normalized spacial score (nSPS) is 14.0. The van der Waals surface area contributed by atoms with Crippen LogP contribution in [0.2, 0.25) is 5.02 Å². The van der Waals surface area contributed by atoms with Gasteiger partial charge in [0.1, 0.15) is 0 Å². The average molecular weight is 433 g/mol. The summed E-state index contributed by atoms with van der Waals surface area (Å²) in [5, 5.41) is 10.1. The number of hydrogen-bond acceptors (Lipinski definition) is 6. The molecule has 1 aromatic carbocycles. The van der Waals surface area contributed by atoms with Crippen LogP contribution in [0.1, 0.15) is 18.5 Å². The Morgan fingerprint density at radius 1 is 1.07 bits per heavy atom. The lowest BCUT2D eigenvalue weighted by atomic mass is 10.3. The highest BCUT2D eigenvalue weighted by Crippen LogP contribution is 2.32. The first kappa shape index (κ1) is 19.8. The molecule has 1 fully saturated rings. The Balaban J connectivity index is 1.72. The third kappa shape index (κ3) is 3.72. The second-order valence-electron chi connectivity index (χ2n) is 6.93. The molecule has 1 aliphatic heterocycles. The van der Waals surface area contributed by atoms with Crippen LogP contribution < -0.4 is 16.1 Å². The summed E-state index contributed by atoms with van der Waals surface area (Å²) in [5.41, 5.74) is 0.758. The fourth-order valence-electron chi connectivity index (χ4n) is 3.38. The molecule has 152 valence electrons. The largest absolute Gasteiger partial charge is 0.341 e. The first-order valence-electron chi connectivity index (χ1n) is 9.31. The number of aromatic nitrogens is 5. The SMILES string of the molecule is Cn1c(CSc2nnc(N3CCCC3)n2-c2ccccc2Cl)cc(=O)n(C)c1=O. The van der Waals surface area contributed by atoms with Crippen molar-refractivity contribution in [1.82, 2.24) is 23.9 Å². The number of anilines is 1. The topological polar surface area (TPSA) is 78.0 Å². The molecule has 8 nitrogen and oxygen atoms in total. The van der Waals surface area contributed by atoms with Crippen molar-refractivity contribution in [2.24, 2.45) is 14.1 Å². The summed E-state index contributed by atoms with van der Waals surface area (Å²) in [5.74, 6) is 1.17. The highest BCUT2D eigenvalue weighted by Gasteiger charge is 2.23. The first-order chi connectivity index (χ1) is 14.0. The van der Waals surface area contributed by atoms with Crippen LogP contribution in [0.5, 0.6) is 0 Å². The minimum absolute atomic E-state index is 0.325. The summed E-state index contributed by atoms with van der Waals surface area (Å²) in [6.07, 6.45) is 2.24. The predicted molar refractivity (Wildman–Crippen MR) is 114 cm³/mol. The second kappa shape index (κ2) is 8.08. The van der Waals surface area contributed by atoms with Gasteiger partial charge >= 0.3 is 5.69 Å². The Morgan fingerprint density at radius 3 is 2.52 bits per heavy atom. The standard InChI is InChI=1S/C19H21ClN6O2S/c1-23-13(11-16(27)24(2)19(23)28)12-29-18-22-21-17(25-9-5-6-10-25)26(18)15-8-4-3-7-14(15)20/h3-4,7-8,11H,5-6,9-10,12H2,1-2H3. The number of benzene rings is 1. The van der Waals surface area contributed by atoms with Crippen LogP contribution in [-0.4, -0.2) is 37.0 Å². The Morgan fingerprint density at radius 2 is 1.79 bits per heavy atom. The van der Waals surface area contributed by atoms with Gasteiger partial charge in [-0.3, -0.25) is 18.5 Å². The van der Waals surface area contributed by atoms with Crippen molar-refractivity contribution in [3.05, 3.63) is 61.9 Å². The summed E-state index contributed by atoms with van der Waals surface area (Å²) in [4.78, 5) is 26.4. The van der Waals surface area contributed by atoms with Crippen LogP contribution >= 0.6 is 23.4 Å². The molecular formula is C19H21ClN6O2S. The number of rotatable bonds is 5. The minimum atomic E-state index is -0.349. The van der Waals surface area contributed by atoms with Gasteiger partial charge in [0, 0.05) is 44.7 Å². The molecule has 0 unspecified atom stereocenters. The van der Waals surface area contributed by atoms with Crippen LogP contribution in [0, 0.1) is 0 Å². The molecule has 0 amide bonds. The maximum atomic E-state index is 12.2. The van der Waals surface area contributed by atoms with Crippen molar-refractivity contribution in [2.45, 2.75) is 23.8 Å². The summed E-state index contributed by atoms with van der Waals surface area (Å²) < 4.78 is 4.52. The number of para-hydroxylation sites is 1. The van der Waals surface area contributed by atoms with Gasteiger partial charge in [-0.2, -0.15) is 0 Å². The van der Waals surface area contributed by atoms with Crippen molar-refractivity contribution >= 4 is 29.3 Å². The van der Waals surface area contributed by atoms with E-state index in [1.54, 1.807) is 7.05 Å². The van der Waals surface area contributed by atoms with E-state index in [0.717, 1.165) is 42.1 Å². The molecule has 0 N–H and O–H groups in total. The van der Waals surface area contributed by atoms with E-state index >= 15 is 0 Å². The first-order valence-corrected chi connectivity index (χ1v) is 10.7. The van der Waals surface area contributed by atoms with Gasteiger partial charge in [0.25, 0.3) is 5.56 Å². The number of halogens is 1. The van der Waals surface area contributed by atoms with E-state index in [2.05, 4.69) is 15.1 Å². The molecule has 10 heteroatoms. The van der Waals surface area contributed by atoms with Crippen molar-refractivity contribution < 1.29 is 0 Å². The van der Waals surface area contributed by atoms with Gasteiger partial charge in [0.2, 0.25) is 5.95 Å². The molecule has 1 aliphatic rings. The van der Waals surface area contributed by atoms with Gasteiger partial charge in [-0.05, 0) is 25.0 Å². The number of thioether (sulfide) groups is 1. The monoisotopic (exact) mass is 432 g/mol. The maximum Gasteiger partial charge on any atom is 0.330 e. The van der Waals surface area contributed by atoms with Crippen LogP contribution in [0.15, 0.2) is 45.1 Å². The molecule has 4 rings (SSSR count). The van der Waals surface area contributed by atoms with E-state index in [9.17, 15) is 9.59 Å². The van der Waals surface area contributed by atoms with Crippen LogP contribution in [0.4, 0.5) is 5.95 Å². The van der Waals surface area contributed by atoms with E-state index in [1.165, 1.54) is 29.4 Å². The quantitative estimate of drug-likeness (QED) is 0.575. The zero-order chi connectivity index (χ0) is 20.5. The summed E-state index contributed by atoms with van der Waals surface area (Å²) in [7, 11) is 3.13. The molecule has 2 aromatic heterocycles. The third-order valence-corrected chi connectivity index (χ3v) is 6.36. The van der Waals surface area contributed by atoms with Gasteiger partial charge < -0.3 is 4.90 Å². The number of nitrogens with zero attached hydrogens (tertiary/aromatic N) is 6. The van der Waals surface area contributed by atoms with Gasteiger partial charge in [-0.25, -0.2) is 4.79 Å². The molecule has 29 heavy (non-hydrogen) atoms. The van der Waals surface area contributed by atoms with Gasteiger partial charge in [-0.15, -0.1) is 10.2 Å². The van der Waals surface area contributed by atoms with Crippen molar-refractivity contribution in [2.75, 3.05) is 18.0 Å². The molecule has 3 aromatic rings. The molecule has 1 saturated heterocycles. The van der Waals surface area contributed by atoms with Crippen LogP contribution in [0.25, 0.3) is 5.69 Å². The molecule has 0 aliphatic carbocycles. The van der Waals surface area contributed by atoms with Gasteiger partial charge in [-0.1, -0.05) is 35.5 Å². The molecule has 0 bridgehead atoms. The summed E-state index contributed by atoms with van der Waals surface area (Å²) >= 11 is 7.89. The number of hydrogen-bond donors (Lipinski definition) is 0. The lowest BCUT2D eigenvalue weighted by molar-refractivity contribution is 0.664. The van der Waals surface area contributed by atoms with Crippen molar-refractivity contribution in [3.63, 3.8) is 0 Å². The van der Waals surface area contributed by atoms with E-state index in [4.69, 9.17) is 11.6 Å². The predicted octanol–water partition coefficient (Wildman–Crippen LogP) is 2.21. The molecule has 0 atom stereocenters. The van der Waals surface area contributed by atoms with E-state index in [1.807, 2.05) is 28.8 Å². The van der Waals surface area contributed by atoms with Gasteiger partial charge in [0.15, 0.2) is 5.16 Å². The Bertz CT molecular complexity index is 1160. The second-order valence-corrected chi connectivity index (χ2v) is 8.28. The molecule has 0 spiro atoms. The zero-order valence-electron chi connectivity index (χ0n) is 16.2. The maximum absolute atomic E-state index is 12.2. The molecular weight excluding hydrogens is 412 g/mol. The fraction of sp³-hybridized carbons (Fsp3) is 0.368. The molecule has 0 saturated carbocycles. The third-order valence-electron chi connectivity index (χ3n) is 5.07. The smallest absolute Gasteiger partial charge is 0.330 e. The highest BCUT2D eigenvalue weighted by molar-refractivity contribution is 7.98. The van der Waals surface area contributed by atoms with Crippen LogP contribution in [-0.2, 0) is 19.8 Å². The lowest BCUT2D eigenvalue weighted by Gasteiger charge is -2.19. The average Bonchev–Trinajstić information content (AvgIpc) is 3.38. The summed E-state index contributed by atoms with van der Waals surface area (Å²) in [6, 6.07) is 9.06. The fourth-order valence-corrected chi connectivity index (χ4v) is 4.56. The van der Waals surface area contributed by atoms with Crippen molar-refractivity contribution in [1.29, 1.82) is 0 Å². The van der Waals surface area contributed by atoms with E-state index in [0.29, 0.717) is 21.6 Å². The Kier molecular flexibility index (Phi) is 5.51. The lowest BCUT2D eigenvalue weighted by Crippen LogP contribution is -2.37. The molecule has 0 radical (unpaired) electrons. The molecule has 3 heterocycles. The van der Waals surface area contributed by atoms with Crippen molar-refractivity contribution in [3.8, 4) is 5.69 Å². The minimum Gasteiger partial charge on any atom is -0.341 e. The highest BCUT2D eigenvalue weighted by atomic mass is 35.5. The van der Waals surface area contributed by atoms with Crippen LogP contribution in [0.3, 0.4) is 0 Å². The Hall–Kier alpha value is -2.52. The Labute approximate surface area is 176 Å². The van der Waals surface area contributed by atoms with Gasteiger partial charge in [0.05, 0.1) is 10.7 Å². The van der Waals surface area contributed by atoms with E-state index in [-0.39, 0.29) is 11.2 Å². The zero-order valence-corrected chi connectivity index (χ0v) is 17.8. The van der Waals surface area contributed by atoms with E-state index < -0.39 is 0 Å².